The van der Waals surface area contributed by atoms with Gasteiger partial charge in [0.25, 0.3) is 0 Å². The first kappa shape index (κ1) is 18.9. The van der Waals surface area contributed by atoms with E-state index in [2.05, 4.69) is 23.8 Å². The van der Waals surface area contributed by atoms with Crippen molar-refractivity contribution >= 4 is 11.6 Å². The molecule has 0 unspecified atom stereocenters. The molecule has 140 valence electrons. The van der Waals surface area contributed by atoms with Gasteiger partial charge in [-0.2, -0.15) is 0 Å². The Morgan fingerprint density at radius 3 is 2.32 bits per heavy atom. The average Bonchev–Trinajstić information content (AvgIpc) is 2.66. The Morgan fingerprint density at radius 1 is 1.12 bits per heavy atom. The molecule has 1 aliphatic carbocycles. The summed E-state index contributed by atoms with van der Waals surface area (Å²) in [7, 11) is 0. The molecule has 3 rings (SSSR count). The second kappa shape index (κ2) is 7.77. The zero-order chi connectivity index (χ0) is 17.9. The van der Waals surface area contributed by atoms with E-state index >= 15 is 0 Å². The highest BCUT2D eigenvalue weighted by Crippen LogP contribution is 2.42. The van der Waals surface area contributed by atoms with Gasteiger partial charge in [0.2, 0.25) is 5.88 Å². The Labute approximate surface area is 155 Å². The predicted octanol–water partition coefficient (Wildman–Crippen LogP) is 4.56. The summed E-state index contributed by atoms with van der Waals surface area (Å²) in [4.78, 5) is 8.38. The minimum atomic E-state index is -0.419. The fraction of sp³-hybridized carbons (Fsp3) is 0.789. The summed E-state index contributed by atoms with van der Waals surface area (Å²) in [6, 6.07) is 0. The van der Waals surface area contributed by atoms with Crippen LogP contribution in [0.5, 0.6) is 5.88 Å². The highest BCUT2D eigenvalue weighted by Gasteiger charge is 2.45. The third-order valence-electron chi connectivity index (χ3n) is 5.92. The first-order valence-corrected chi connectivity index (χ1v) is 9.87. The Balaban J connectivity index is 1.56. The molecule has 25 heavy (non-hydrogen) atoms. The lowest BCUT2D eigenvalue weighted by molar-refractivity contribution is -0.319. The van der Waals surface area contributed by atoms with Gasteiger partial charge >= 0.3 is 0 Å². The Bertz CT molecular complexity index is 572. The van der Waals surface area contributed by atoms with E-state index in [4.69, 9.17) is 25.8 Å². The summed E-state index contributed by atoms with van der Waals surface area (Å²) in [6.07, 6.45) is 8.04. The Morgan fingerprint density at radius 2 is 1.76 bits per heavy atom. The van der Waals surface area contributed by atoms with Crippen LogP contribution in [0.15, 0.2) is 6.33 Å². The number of aromatic nitrogens is 2. The van der Waals surface area contributed by atoms with Crippen molar-refractivity contribution in [2.24, 2.45) is 5.41 Å². The van der Waals surface area contributed by atoms with E-state index in [1.54, 1.807) is 0 Å². The van der Waals surface area contributed by atoms with Crippen molar-refractivity contribution in [3.63, 3.8) is 0 Å². The predicted molar refractivity (Wildman–Crippen MR) is 97.0 cm³/mol. The highest BCUT2D eigenvalue weighted by molar-refractivity contribution is 6.32. The first-order valence-electron chi connectivity index (χ1n) is 9.49. The zero-order valence-corrected chi connectivity index (χ0v) is 16.3. The van der Waals surface area contributed by atoms with E-state index in [0.29, 0.717) is 10.9 Å². The van der Waals surface area contributed by atoms with Gasteiger partial charge in [-0.3, -0.25) is 0 Å². The molecule has 0 N–H and O–H groups in total. The number of ether oxygens (including phenoxy) is 3. The van der Waals surface area contributed by atoms with E-state index < -0.39 is 5.79 Å². The maximum atomic E-state index is 6.33. The van der Waals surface area contributed by atoms with Crippen molar-refractivity contribution in [3.8, 4) is 5.88 Å². The van der Waals surface area contributed by atoms with Gasteiger partial charge in [0, 0.05) is 18.3 Å². The van der Waals surface area contributed by atoms with Crippen LogP contribution in [0, 0.1) is 5.41 Å². The standard InChI is InChI=1S/C19H29ClN2O3/c1-4-15-16(20)17(22-13-21-15)25-14-7-9-19(10-8-14)23-11-18(5-2,6-3)12-24-19/h13-14H,4-12H2,1-3H3. The van der Waals surface area contributed by atoms with Crippen LogP contribution in [0.1, 0.15) is 65.0 Å². The SMILES string of the molecule is CCc1ncnc(OC2CCC3(CC2)OCC(CC)(CC)CO3)c1Cl. The van der Waals surface area contributed by atoms with Crippen molar-refractivity contribution in [3.05, 3.63) is 17.0 Å². The molecule has 1 aliphatic heterocycles. The number of aryl methyl sites for hydroxylation is 1. The van der Waals surface area contributed by atoms with Crippen molar-refractivity contribution in [2.45, 2.75) is 77.6 Å². The number of nitrogens with zero attached hydrogens (tertiary/aromatic N) is 2. The lowest BCUT2D eigenvalue weighted by atomic mass is 9.82. The van der Waals surface area contributed by atoms with Gasteiger partial charge < -0.3 is 14.2 Å². The van der Waals surface area contributed by atoms with Gasteiger partial charge in [-0.15, -0.1) is 0 Å². The van der Waals surface area contributed by atoms with Crippen molar-refractivity contribution in [1.82, 2.24) is 9.97 Å². The fourth-order valence-electron chi connectivity index (χ4n) is 3.62. The quantitative estimate of drug-likeness (QED) is 0.762. The molecule has 1 aromatic rings. The van der Waals surface area contributed by atoms with Crippen LogP contribution in [0.3, 0.4) is 0 Å². The summed E-state index contributed by atoms with van der Waals surface area (Å²) in [6.45, 7) is 8.04. The number of rotatable bonds is 5. The smallest absolute Gasteiger partial charge is 0.236 e. The molecule has 2 aliphatic rings. The molecule has 5 nitrogen and oxygen atoms in total. The second-order valence-electron chi connectivity index (χ2n) is 7.31. The number of hydrogen-bond acceptors (Lipinski definition) is 5. The fourth-order valence-corrected chi connectivity index (χ4v) is 3.90. The maximum absolute atomic E-state index is 6.33. The average molecular weight is 369 g/mol. The van der Waals surface area contributed by atoms with Gasteiger partial charge in [0.15, 0.2) is 5.79 Å². The molecule has 1 spiro atoms. The number of hydrogen-bond donors (Lipinski definition) is 0. The molecule has 0 bridgehead atoms. The van der Waals surface area contributed by atoms with E-state index in [9.17, 15) is 0 Å². The summed E-state index contributed by atoms with van der Waals surface area (Å²) in [5.74, 6) is 0.0773. The molecule has 1 saturated carbocycles. The van der Waals surface area contributed by atoms with Crippen LogP contribution in [0.2, 0.25) is 5.02 Å². The molecular weight excluding hydrogens is 340 g/mol. The largest absolute Gasteiger partial charge is 0.473 e. The Hall–Kier alpha value is -0.910. The van der Waals surface area contributed by atoms with Crippen LogP contribution < -0.4 is 4.74 Å². The van der Waals surface area contributed by atoms with Gasteiger partial charge in [-0.25, -0.2) is 9.97 Å². The normalized spacial score (nSPS) is 22.9. The molecule has 6 heteroatoms. The van der Waals surface area contributed by atoms with Gasteiger partial charge in [0.05, 0.1) is 18.9 Å². The van der Waals surface area contributed by atoms with Gasteiger partial charge in [-0.05, 0) is 32.1 Å². The van der Waals surface area contributed by atoms with E-state index in [-0.39, 0.29) is 11.5 Å². The monoisotopic (exact) mass is 368 g/mol. The molecule has 0 aromatic carbocycles. The minimum Gasteiger partial charge on any atom is -0.473 e. The molecular formula is C19H29ClN2O3. The molecule has 2 heterocycles. The second-order valence-corrected chi connectivity index (χ2v) is 7.68. The molecule has 1 saturated heterocycles. The van der Waals surface area contributed by atoms with Gasteiger partial charge in [0.1, 0.15) is 17.5 Å². The van der Waals surface area contributed by atoms with Gasteiger partial charge in [-0.1, -0.05) is 32.4 Å². The molecule has 2 fully saturated rings. The maximum Gasteiger partial charge on any atom is 0.236 e. The van der Waals surface area contributed by atoms with E-state index in [1.807, 2.05) is 6.92 Å². The number of halogens is 1. The molecule has 1 aromatic heterocycles. The Kier molecular flexibility index (Phi) is 5.86. The van der Waals surface area contributed by atoms with Crippen LogP contribution in [0.25, 0.3) is 0 Å². The van der Waals surface area contributed by atoms with Crippen LogP contribution >= 0.6 is 11.6 Å². The zero-order valence-electron chi connectivity index (χ0n) is 15.5. The molecule has 0 atom stereocenters. The summed E-state index contributed by atoms with van der Waals surface area (Å²) in [5.41, 5.74) is 1.01. The summed E-state index contributed by atoms with van der Waals surface area (Å²) < 4.78 is 18.5. The van der Waals surface area contributed by atoms with Crippen molar-refractivity contribution in [1.29, 1.82) is 0 Å². The lowest BCUT2D eigenvalue weighted by Gasteiger charge is -2.48. The highest BCUT2D eigenvalue weighted by atomic mass is 35.5. The topological polar surface area (TPSA) is 53.5 Å². The third-order valence-corrected chi connectivity index (χ3v) is 6.30. The summed E-state index contributed by atoms with van der Waals surface area (Å²) >= 11 is 6.33. The van der Waals surface area contributed by atoms with Crippen LogP contribution in [0.4, 0.5) is 0 Å². The van der Waals surface area contributed by atoms with Crippen molar-refractivity contribution < 1.29 is 14.2 Å². The van der Waals surface area contributed by atoms with Crippen LogP contribution in [-0.2, 0) is 15.9 Å². The van der Waals surface area contributed by atoms with Crippen molar-refractivity contribution in [2.75, 3.05) is 13.2 Å². The third kappa shape index (κ3) is 3.93. The van der Waals surface area contributed by atoms with E-state index in [0.717, 1.165) is 63.9 Å². The first-order chi connectivity index (χ1) is 12.1. The minimum absolute atomic E-state index is 0.0963. The lowest BCUT2D eigenvalue weighted by Crippen LogP contribution is -2.51. The molecule has 0 radical (unpaired) electrons. The van der Waals surface area contributed by atoms with E-state index in [1.165, 1.54) is 6.33 Å². The molecule has 0 amide bonds. The van der Waals surface area contributed by atoms with Crippen LogP contribution in [-0.4, -0.2) is 35.1 Å². The summed E-state index contributed by atoms with van der Waals surface area (Å²) in [5, 5.41) is 0.533.